The molecule has 1 aliphatic rings. The van der Waals surface area contributed by atoms with E-state index in [2.05, 4.69) is 24.3 Å². The van der Waals surface area contributed by atoms with Gasteiger partial charge in [0.05, 0.1) is 24.6 Å². The van der Waals surface area contributed by atoms with Crippen molar-refractivity contribution in [3.05, 3.63) is 69.8 Å². The fourth-order valence-corrected chi connectivity index (χ4v) is 3.09. The van der Waals surface area contributed by atoms with Crippen molar-refractivity contribution < 1.29 is 14.6 Å². The number of hydrogen-bond acceptors (Lipinski definition) is 3. The fourth-order valence-electron chi connectivity index (χ4n) is 3.09. The lowest BCUT2D eigenvalue weighted by Gasteiger charge is -2.25. The minimum Gasteiger partial charge on any atom is -0.487 e. The molecule has 0 aliphatic carbocycles. The predicted molar refractivity (Wildman–Crippen MR) is 87.8 cm³/mol. The highest BCUT2D eigenvalue weighted by atomic mass is 16.6. The molecule has 0 saturated carbocycles. The molecule has 23 heavy (non-hydrogen) atoms. The van der Waals surface area contributed by atoms with Crippen LogP contribution in [0.3, 0.4) is 0 Å². The second-order valence-corrected chi connectivity index (χ2v) is 5.87. The van der Waals surface area contributed by atoms with Gasteiger partial charge in [-0.15, -0.1) is 0 Å². The van der Waals surface area contributed by atoms with Crippen LogP contribution in [0.5, 0.6) is 5.75 Å². The molecule has 1 heterocycles. The number of nitrogens with zero attached hydrogens (tertiary/aromatic N) is 1. The molecule has 5 heteroatoms. The lowest BCUT2D eigenvalue weighted by Crippen LogP contribution is -3.11. The largest absolute Gasteiger partial charge is 0.487 e. The number of quaternary nitrogens is 1. The Bertz CT molecular complexity index is 687. The monoisotopic (exact) mass is 313 g/mol. The first-order valence-corrected chi connectivity index (χ1v) is 8.00. The molecular weight excluding hydrogens is 292 g/mol. The third kappa shape index (κ3) is 3.87. The van der Waals surface area contributed by atoms with Crippen molar-refractivity contribution in [2.75, 3.05) is 19.7 Å². The van der Waals surface area contributed by atoms with Gasteiger partial charge < -0.3 is 9.64 Å². The molecule has 1 atom stereocenters. The minimum atomic E-state index is -0.401. The van der Waals surface area contributed by atoms with E-state index in [-0.39, 0.29) is 5.69 Å². The Morgan fingerprint density at radius 3 is 2.65 bits per heavy atom. The Labute approximate surface area is 135 Å². The van der Waals surface area contributed by atoms with Crippen molar-refractivity contribution in [1.82, 2.24) is 0 Å². The highest BCUT2D eigenvalue weighted by Crippen LogP contribution is 2.25. The Hall–Kier alpha value is -2.40. The van der Waals surface area contributed by atoms with Gasteiger partial charge in [0, 0.05) is 24.5 Å². The number of nitrogens with one attached hydrogen (secondary N) is 1. The summed E-state index contributed by atoms with van der Waals surface area (Å²) >= 11 is 0. The van der Waals surface area contributed by atoms with E-state index in [9.17, 15) is 10.1 Å². The Balaban J connectivity index is 1.47. The van der Waals surface area contributed by atoms with Crippen LogP contribution >= 0.6 is 0 Å². The zero-order valence-electron chi connectivity index (χ0n) is 13.0. The van der Waals surface area contributed by atoms with Crippen LogP contribution in [0.1, 0.15) is 17.5 Å². The van der Waals surface area contributed by atoms with Gasteiger partial charge >= 0.3 is 5.69 Å². The Kier molecular flexibility index (Phi) is 4.88. The molecule has 0 spiro atoms. The van der Waals surface area contributed by atoms with Gasteiger partial charge in [0.2, 0.25) is 0 Å². The average Bonchev–Trinajstić information content (AvgIpc) is 2.59. The number of nitro groups is 1. The van der Waals surface area contributed by atoms with E-state index >= 15 is 0 Å². The average molecular weight is 313 g/mol. The number of hydrogen-bond donors (Lipinski definition) is 1. The molecule has 1 aliphatic heterocycles. The highest BCUT2D eigenvalue weighted by Gasteiger charge is 2.18. The molecule has 0 saturated heterocycles. The van der Waals surface area contributed by atoms with Crippen LogP contribution in [-0.4, -0.2) is 24.6 Å². The molecule has 2 aromatic rings. The van der Waals surface area contributed by atoms with Gasteiger partial charge in [-0.25, -0.2) is 0 Å². The van der Waals surface area contributed by atoms with Crippen molar-refractivity contribution in [2.24, 2.45) is 0 Å². The van der Waals surface area contributed by atoms with Gasteiger partial charge in [0.15, 0.2) is 5.75 Å². The number of nitro benzene ring substituents is 1. The van der Waals surface area contributed by atoms with Crippen LogP contribution < -0.4 is 9.64 Å². The van der Waals surface area contributed by atoms with E-state index in [0.29, 0.717) is 12.4 Å². The van der Waals surface area contributed by atoms with Gasteiger partial charge in [0.1, 0.15) is 6.54 Å². The number of fused-ring (bicyclic) bond motifs is 1. The zero-order valence-corrected chi connectivity index (χ0v) is 13.0. The summed E-state index contributed by atoms with van der Waals surface area (Å²) in [6, 6.07) is 15.2. The summed E-state index contributed by atoms with van der Waals surface area (Å²) in [5.41, 5.74) is 2.94. The molecule has 0 bridgehead atoms. The predicted octanol–water partition coefficient (Wildman–Crippen LogP) is 2.00. The van der Waals surface area contributed by atoms with Crippen LogP contribution in [0, 0.1) is 10.1 Å². The van der Waals surface area contributed by atoms with Crippen molar-refractivity contribution in [1.29, 1.82) is 0 Å². The van der Waals surface area contributed by atoms with Gasteiger partial charge in [-0.2, -0.15) is 0 Å². The topological polar surface area (TPSA) is 56.8 Å². The third-order valence-corrected chi connectivity index (χ3v) is 4.30. The van der Waals surface area contributed by atoms with E-state index in [1.165, 1.54) is 17.2 Å². The summed E-state index contributed by atoms with van der Waals surface area (Å²) in [7, 11) is 0. The molecule has 1 N–H and O–H groups in total. The van der Waals surface area contributed by atoms with Crippen molar-refractivity contribution >= 4 is 5.69 Å². The molecule has 0 amide bonds. The molecule has 2 aromatic carbocycles. The fraction of sp³-hybridized carbons (Fsp3) is 0.333. The van der Waals surface area contributed by atoms with E-state index in [1.54, 1.807) is 23.1 Å². The first-order valence-electron chi connectivity index (χ1n) is 8.00. The number of rotatable bonds is 6. The molecule has 0 fully saturated rings. The maximum atomic E-state index is 10.9. The van der Waals surface area contributed by atoms with Crippen molar-refractivity contribution in [3.63, 3.8) is 0 Å². The molecule has 5 nitrogen and oxygen atoms in total. The maximum absolute atomic E-state index is 10.9. The molecule has 0 aromatic heterocycles. The van der Waals surface area contributed by atoms with E-state index in [4.69, 9.17) is 4.74 Å². The number of ether oxygens (including phenoxy) is 1. The lowest BCUT2D eigenvalue weighted by atomic mass is 10.00. The molecule has 120 valence electrons. The molecule has 1 unspecified atom stereocenters. The van der Waals surface area contributed by atoms with E-state index < -0.39 is 4.92 Å². The summed E-state index contributed by atoms with van der Waals surface area (Å²) in [5.74, 6) is 0.358. The minimum absolute atomic E-state index is 0.0340. The summed E-state index contributed by atoms with van der Waals surface area (Å²) in [4.78, 5) is 12.1. The van der Waals surface area contributed by atoms with Gasteiger partial charge in [-0.05, 0) is 11.6 Å². The number of para-hydroxylation sites is 2. The van der Waals surface area contributed by atoms with Crippen LogP contribution in [0.2, 0.25) is 0 Å². The normalized spacial score (nSPS) is 16.6. The summed E-state index contributed by atoms with van der Waals surface area (Å²) in [6.45, 7) is 3.73. The van der Waals surface area contributed by atoms with Crippen LogP contribution in [-0.2, 0) is 13.0 Å². The van der Waals surface area contributed by atoms with Gasteiger partial charge in [0.25, 0.3) is 0 Å². The first kappa shape index (κ1) is 15.5. The van der Waals surface area contributed by atoms with Crippen LogP contribution in [0.25, 0.3) is 0 Å². The van der Waals surface area contributed by atoms with Crippen molar-refractivity contribution in [3.8, 4) is 5.75 Å². The lowest BCUT2D eigenvalue weighted by molar-refractivity contribution is -0.916. The van der Waals surface area contributed by atoms with E-state index in [0.717, 1.165) is 32.5 Å². The van der Waals surface area contributed by atoms with Crippen molar-refractivity contribution in [2.45, 2.75) is 19.4 Å². The highest BCUT2D eigenvalue weighted by molar-refractivity contribution is 5.45. The third-order valence-electron chi connectivity index (χ3n) is 4.30. The van der Waals surface area contributed by atoms with E-state index in [1.807, 2.05) is 0 Å². The summed E-state index contributed by atoms with van der Waals surface area (Å²) in [5, 5.41) is 10.9. The Morgan fingerprint density at radius 1 is 1.09 bits per heavy atom. The summed E-state index contributed by atoms with van der Waals surface area (Å²) in [6.07, 6.45) is 2.01. The first-order chi connectivity index (χ1) is 11.2. The van der Waals surface area contributed by atoms with Gasteiger partial charge in [-0.1, -0.05) is 36.4 Å². The quantitative estimate of drug-likeness (QED) is 0.504. The maximum Gasteiger partial charge on any atom is 0.310 e. The van der Waals surface area contributed by atoms with Crippen LogP contribution in [0.4, 0.5) is 5.69 Å². The second kappa shape index (κ2) is 7.24. The number of benzene rings is 2. The standard InChI is InChI=1S/C18H20N2O3/c21-20(22)17-8-3-4-9-18(17)23-13-5-11-19-12-10-15-6-1-2-7-16(15)14-19/h1-4,6-9H,5,10-14H2/p+1. The molecule has 0 radical (unpaired) electrons. The van der Waals surface area contributed by atoms with Gasteiger partial charge in [-0.3, -0.25) is 10.1 Å². The Morgan fingerprint density at radius 2 is 1.83 bits per heavy atom. The SMILES string of the molecule is O=[N+]([O-])c1ccccc1OCCC[NH+]1CCc2ccccc2C1. The smallest absolute Gasteiger partial charge is 0.310 e. The molecular formula is C18H21N2O3+. The summed E-state index contributed by atoms with van der Waals surface area (Å²) < 4.78 is 5.60. The van der Waals surface area contributed by atoms with Crippen LogP contribution in [0.15, 0.2) is 48.5 Å². The molecule has 3 rings (SSSR count). The zero-order chi connectivity index (χ0) is 16.1. The second-order valence-electron chi connectivity index (χ2n) is 5.87.